The SMILES string of the molecule is FC(F)Oc1ccncc1-c1ccc(OC(F)(F)F)cc1. The summed E-state index contributed by atoms with van der Waals surface area (Å²) in [6.45, 7) is -3.01. The Hall–Kier alpha value is -2.38. The fourth-order valence-electron chi connectivity index (χ4n) is 1.63. The quantitative estimate of drug-likeness (QED) is 0.791. The molecular formula is C13H8F5NO2. The van der Waals surface area contributed by atoms with Crippen LogP contribution in [0.15, 0.2) is 42.7 Å². The molecule has 112 valence electrons. The van der Waals surface area contributed by atoms with E-state index in [1.807, 2.05) is 0 Å². The van der Waals surface area contributed by atoms with Gasteiger partial charge in [0.15, 0.2) is 0 Å². The first-order valence-corrected chi connectivity index (χ1v) is 5.60. The van der Waals surface area contributed by atoms with Gasteiger partial charge in [0.25, 0.3) is 0 Å². The van der Waals surface area contributed by atoms with Crippen molar-refractivity contribution in [2.75, 3.05) is 0 Å². The molecule has 1 aromatic heterocycles. The average Bonchev–Trinajstić information content (AvgIpc) is 2.38. The van der Waals surface area contributed by atoms with Crippen LogP contribution in [0.1, 0.15) is 0 Å². The molecule has 2 rings (SSSR count). The normalized spacial score (nSPS) is 11.5. The largest absolute Gasteiger partial charge is 0.573 e. The van der Waals surface area contributed by atoms with Crippen LogP contribution in [0, 0.1) is 0 Å². The van der Waals surface area contributed by atoms with E-state index in [0.717, 1.165) is 12.1 Å². The molecule has 0 atom stereocenters. The fraction of sp³-hybridized carbons (Fsp3) is 0.154. The van der Waals surface area contributed by atoms with Crippen LogP contribution < -0.4 is 9.47 Å². The lowest BCUT2D eigenvalue weighted by atomic mass is 10.1. The number of benzene rings is 1. The molecule has 0 saturated carbocycles. The van der Waals surface area contributed by atoms with Crippen LogP contribution in [0.3, 0.4) is 0 Å². The Bertz CT molecular complexity index is 598. The van der Waals surface area contributed by atoms with Crippen molar-refractivity contribution in [3.8, 4) is 22.6 Å². The minimum absolute atomic E-state index is 0.121. The van der Waals surface area contributed by atoms with Gasteiger partial charge in [-0.05, 0) is 23.8 Å². The van der Waals surface area contributed by atoms with Crippen molar-refractivity contribution in [2.24, 2.45) is 0 Å². The van der Waals surface area contributed by atoms with Crippen molar-refractivity contribution < 1.29 is 31.4 Å². The van der Waals surface area contributed by atoms with E-state index in [9.17, 15) is 22.0 Å². The molecule has 0 N–H and O–H groups in total. The molecule has 0 aliphatic rings. The van der Waals surface area contributed by atoms with Crippen LogP contribution in [0.25, 0.3) is 11.1 Å². The summed E-state index contributed by atoms with van der Waals surface area (Å²) in [7, 11) is 0. The molecule has 1 aromatic carbocycles. The van der Waals surface area contributed by atoms with Crippen molar-refractivity contribution in [2.45, 2.75) is 13.0 Å². The predicted molar refractivity (Wildman–Crippen MR) is 63.0 cm³/mol. The van der Waals surface area contributed by atoms with Gasteiger partial charge in [0.2, 0.25) is 0 Å². The maximum Gasteiger partial charge on any atom is 0.573 e. The number of rotatable bonds is 4. The number of alkyl halides is 5. The summed E-state index contributed by atoms with van der Waals surface area (Å²) in [6, 6.07) is 5.96. The van der Waals surface area contributed by atoms with Crippen LogP contribution in [0.5, 0.6) is 11.5 Å². The van der Waals surface area contributed by atoms with Crippen molar-refractivity contribution in [1.82, 2.24) is 4.98 Å². The van der Waals surface area contributed by atoms with Gasteiger partial charge >= 0.3 is 13.0 Å². The highest BCUT2D eigenvalue weighted by atomic mass is 19.4. The highest BCUT2D eigenvalue weighted by molar-refractivity contribution is 5.69. The summed E-state index contributed by atoms with van der Waals surface area (Å²) in [5, 5.41) is 0. The lowest BCUT2D eigenvalue weighted by Crippen LogP contribution is -2.16. The molecule has 0 aliphatic heterocycles. The van der Waals surface area contributed by atoms with Crippen LogP contribution >= 0.6 is 0 Å². The second-order valence-corrected chi connectivity index (χ2v) is 3.82. The second-order valence-electron chi connectivity index (χ2n) is 3.82. The summed E-state index contributed by atoms with van der Waals surface area (Å²) >= 11 is 0. The number of aromatic nitrogens is 1. The first kappa shape index (κ1) is 15.0. The summed E-state index contributed by atoms with van der Waals surface area (Å²) in [5.74, 6) is -0.532. The number of pyridine rings is 1. The predicted octanol–water partition coefficient (Wildman–Crippen LogP) is 4.25. The van der Waals surface area contributed by atoms with E-state index in [1.165, 1.54) is 30.6 Å². The minimum atomic E-state index is -4.79. The number of ether oxygens (including phenoxy) is 2. The lowest BCUT2D eigenvalue weighted by molar-refractivity contribution is -0.274. The van der Waals surface area contributed by atoms with E-state index in [-0.39, 0.29) is 11.3 Å². The molecule has 0 unspecified atom stereocenters. The zero-order valence-electron chi connectivity index (χ0n) is 10.3. The zero-order valence-corrected chi connectivity index (χ0v) is 10.3. The van der Waals surface area contributed by atoms with Crippen LogP contribution in [-0.2, 0) is 0 Å². The van der Waals surface area contributed by atoms with Gasteiger partial charge in [-0.3, -0.25) is 4.98 Å². The van der Waals surface area contributed by atoms with Gasteiger partial charge in [-0.25, -0.2) is 0 Å². The molecule has 2 aromatic rings. The third-order valence-electron chi connectivity index (χ3n) is 2.40. The van der Waals surface area contributed by atoms with E-state index in [4.69, 9.17) is 0 Å². The highest BCUT2D eigenvalue weighted by Crippen LogP contribution is 2.32. The Labute approximate surface area is 115 Å². The van der Waals surface area contributed by atoms with E-state index in [2.05, 4.69) is 14.5 Å². The number of hydrogen-bond donors (Lipinski definition) is 0. The third-order valence-corrected chi connectivity index (χ3v) is 2.40. The maximum atomic E-state index is 12.3. The van der Waals surface area contributed by atoms with Crippen LogP contribution in [0.4, 0.5) is 22.0 Å². The summed E-state index contributed by atoms with van der Waals surface area (Å²) in [6.07, 6.45) is -2.25. The van der Waals surface area contributed by atoms with Crippen molar-refractivity contribution in [1.29, 1.82) is 0 Å². The van der Waals surface area contributed by atoms with Crippen molar-refractivity contribution >= 4 is 0 Å². The maximum absolute atomic E-state index is 12.3. The Morgan fingerprint density at radius 1 is 1.00 bits per heavy atom. The van der Waals surface area contributed by atoms with Crippen molar-refractivity contribution in [3.05, 3.63) is 42.7 Å². The second kappa shape index (κ2) is 5.94. The standard InChI is InChI=1S/C13H8F5NO2/c14-12(15)20-11-5-6-19-7-10(11)8-1-3-9(4-2-8)21-13(16,17)18/h1-7,12H. The van der Waals surface area contributed by atoms with Crippen LogP contribution in [-0.4, -0.2) is 18.0 Å². The Balaban J connectivity index is 2.27. The van der Waals surface area contributed by atoms with E-state index in [1.54, 1.807) is 0 Å². The lowest BCUT2D eigenvalue weighted by Gasteiger charge is -2.11. The Morgan fingerprint density at radius 2 is 1.67 bits per heavy atom. The molecule has 0 amide bonds. The number of nitrogens with zero attached hydrogens (tertiary/aromatic N) is 1. The molecule has 1 heterocycles. The van der Waals surface area contributed by atoms with Gasteiger partial charge in [-0.15, -0.1) is 13.2 Å². The summed E-state index contributed by atoms with van der Waals surface area (Å²) in [4.78, 5) is 3.77. The van der Waals surface area contributed by atoms with Crippen molar-refractivity contribution in [3.63, 3.8) is 0 Å². The molecule has 8 heteroatoms. The smallest absolute Gasteiger partial charge is 0.434 e. The molecular weight excluding hydrogens is 297 g/mol. The van der Waals surface area contributed by atoms with Gasteiger partial charge in [-0.1, -0.05) is 12.1 Å². The summed E-state index contributed by atoms with van der Waals surface area (Å²) in [5.41, 5.74) is 0.602. The molecule has 0 spiro atoms. The van der Waals surface area contributed by atoms with Gasteiger partial charge in [0.05, 0.1) is 0 Å². The molecule has 0 radical (unpaired) electrons. The van der Waals surface area contributed by atoms with E-state index < -0.39 is 18.7 Å². The fourth-order valence-corrected chi connectivity index (χ4v) is 1.63. The van der Waals surface area contributed by atoms with Gasteiger partial charge in [-0.2, -0.15) is 8.78 Å². The van der Waals surface area contributed by atoms with Gasteiger partial charge < -0.3 is 9.47 Å². The Morgan fingerprint density at radius 3 is 2.24 bits per heavy atom. The Kier molecular flexibility index (Phi) is 4.25. The van der Waals surface area contributed by atoms with E-state index in [0.29, 0.717) is 5.56 Å². The molecule has 0 fully saturated rings. The first-order valence-electron chi connectivity index (χ1n) is 5.60. The highest BCUT2D eigenvalue weighted by Gasteiger charge is 2.31. The van der Waals surface area contributed by atoms with Gasteiger partial charge in [0, 0.05) is 18.0 Å². The zero-order chi connectivity index (χ0) is 15.5. The minimum Gasteiger partial charge on any atom is -0.434 e. The molecule has 21 heavy (non-hydrogen) atoms. The third kappa shape index (κ3) is 4.30. The molecule has 0 aliphatic carbocycles. The monoisotopic (exact) mass is 305 g/mol. The number of hydrogen-bond acceptors (Lipinski definition) is 3. The average molecular weight is 305 g/mol. The topological polar surface area (TPSA) is 31.4 Å². The first-order chi connectivity index (χ1) is 9.85. The van der Waals surface area contributed by atoms with Crippen LogP contribution in [0.2, 0.25) is 0 Å². The van der Waals surface area contributed by atoms with E-state index >= 15 is 0 Å². The number of halogens is 5. The van der Waals surface area contributed by atoms with Gasteiger partial charge in [0.1, 0.15) is 11.5 Å². The summed E-state index contributed by atoms with van der Waals surface area (Å²) < 4.78 is 68.7. The molecule has 0 bridgehead atoms. The molecule has 3 nitrogen and oxygen atoms in total. The molecule has 0 saturated heterocycles.